The third kappa shape index (κ3) is 2.54. The zero-order valence-corrected chi connectivity index (χ0v) is 12.2. The molecule has 0 spiro atoms. The molecule has 0 amide bonds. The summed E-state index contributed by atoms with van der Waals surface area (Å²) in [6.45, 7) is 6.09. The van der Waals surface area contributed by atoms with Gasteiger partial charge in [-0.25, -0.2) is 0 Å². The molecule has 0 fully saturated rings. The highest BCUT2D eigenvalue weighted by Gasteiger charge is 2.23. The van der Waals surface area contributed by atoms with Crippen molar-refractivity contribution in [3.8, 4) is 22.6 Å². The van der Waals surface area contributed by atoms with E-state index < -0.39 is 0 Å². The van der Waals surface area contributed by atoms with Crippen LogP contribution in [0.2, 0.25) is 0 Å². The van der Waals surface area contributed by atoms with Gasteiger partial charge in [-0.3, -0.25) is 4.79 Å². The maximum Gasteiger partial charge on any atom is 0.255 e. The molecular formula is C16H19NO3. The molecule has 0 radical (unpaired) electrons. The van der Waals surface area contributed by atoms with Gasteiger partial charge in [-0.05, 0) is 35.2 Å². The molecule has 106 valence electrons. The number of benzene rings is 1. The summed E-state index contributed by atoms with van der Waals surface area (Å²) in [7, 11) is 1.53. The highest BCUT2D eigenvalue weighted by atomic mass is 16.5. The average molecular weight is 273 g/mol. The van der Waals surface area contributed by atoms with E-state index in [0.717, 1.165) is 5.56 Å². The maximum absolute atomic E-state index is 11.9. The van der Waals surface area contributed by atoms with Crippen molar-refractivity contribution in [1.82, 2.24) is 4.98 Å². The Bertz CT molecular complexity index is 681. The standard InChI is InChI=1S/C16H19NO3/c1-16(2,3)12-8-10(9-13(18)14(12)20-4)11-6-5-7-17-15(11)19/h5-9,18H,1-4H3,(H,17,19). The number of aromatic nitrogens is 1. The van der Waals surface area contributed by atoms with Crippen LogP contribution in [0.25, 0.3) is 11.1 Å². The Morgan fingerprint density at radius 2 is 1.95 bits per heavy atom. The molecule has 0 saturated carbocycles. The molecule has 4 nitrogen and oxygen atoms in total. The fourth-order valence-electron chi connectivity index (χ4n) is 2.19. The van der Waals surface area contributed by atoms with E-state index >= 15 is 0 Å². The second-order valence-corrected chi connectivity index (χ2v) is 5.74. The molecule has 4 heteroatoms. The summed E-state index contributed by atoms with van der Waals surface area (Å²) in [5.41, 5.74) is 1.67. The van der Waals surface area contributed by atoms with Gasteiger partial charge in [-0.1, -0.05) is 20.8 Å². The van der Waals surface area contributed by atoms with Crippen molar-refractivity contribution in [3.63, 3.8) is 0 Å². The third-order valence-electron chi connectivity index (χ3n) is 3.21. The molecule has 0 aliphatic carbocycles. The largest absolute Gasteiger partial charge is 0.504 e. The molecule has 1 aromatic heterocycles. The summed E-state index contributed by atoms with van der Waals surface area (Å²) < 4.78 is 5.29. The van der Waals surface area contributed by atoms with E-state index in [1.807, 2.05) is 26.8 Å². The first-order valence-corrected chi connectivity index (χ1v) is 6.44. The van der Waals surface area contributed by atoms with Gasteiger partial charge in [0.25, 0.3) is 5.56 Å². The van der Waals surface area contributed by atoms with E-state index in [1.54, 1.807) is 24.4 Å². The van der Waals surface area contributed by atoms with Gasteiger partial charge in [-0.15, -0.1) is 0 Å². The van der Waals surface area contributed by atoms with Crippen LogP contribution < -0.4 is 10.3 Å². The summed E-state index contributed by atoms with van der Waals surface area (Å²) in [6, 6.07) is 6.93. The fourth-order valence-corrected chi connectivity index (χ4v) is 2.19. The first kappa shape index (κ1) is 14.2. The van der Waals surface area contributed by atoms with Crippen molar-refractivity contribution in [2.75, 3.05) is 7.11 Å². The third-order valence-corrected chi connectivity index (χ3v) is 3.21. The maximum atomic E-state index is 11.9. The van der Waals surface area contributed by atoms with Crippen molar-refractivity contribution < 1.29 is 9.84 Å². The van der Waals surface area contributed by atoms with Crippen LogP contribution in [0.4, 0.5) is 0 Å². The number of pyridine rings is 1. The van der Waals surface area contributed by atoms with Crippen LogP contribution in [0.15, 0.2) is 35.3 Å². The summed E-state index contributed by atoms with van der Waals surface area (Å²) in [5, 5.41) is 10.2. The molecule has 0 atom stereocenters. The zero-order valence-electron chi connectivity index (χ0n) is 12.2. The van der Waals surface area contributed by atoms with Crippen molar-refractivity contribution in [1.29, 1.82) is 0 Å². The van der Waals surface area contributed by atoms with Crippen molar-refractivity contribution in [2.24, 2.45) is 0 Å². The number of methoxy groups -OCH3 is 1. The minimum atomic E-state index is -0.208. The number of aromatic hydroxyl groups is 1. The average Bonchev–Trinajstić information content (AvgIpc) is 2.37. The van der Waals surface area contributed by atoms with Crippen LogP contribution in [0.1, 0.15) is 26.3 Å². The van der Waals surface area contributed by atoms with Gasteiger partial charge >= 0.3 is 0 Å². The quantitative estimate of drug-likeness (QED) is 0.884. The highest BCUT2D eigenvalue weighted by molar-refractivity contribution is 5.69. The molecular weight excluding hydrogens is 254 g/mol. The van der Waals surface area contributed by atoms with E-state index in [-0.39, 0.29) is 16.7 Å². The number of H-pyrrole nitrogens is 1. The van der Waals surface area contributed by atoms with E-state index in [0.29, 0.717) is 16.9 Å². The smallest absolute Gasteiger partial charge is 0.255 e. The van der Waals surface area contributed by atoms with Gasteiger partial charge in [0.1, 0.15) is 0 Å². The second kappa shape index (κ2) is 5.04. The number of rotatable bonds is 2. The minimum absolute atomic E-state index is 0.0400. The number of aromatic amines is 1. The summed E-state index contributed by atoms with van der Waals surface area (Å²) in [6.07, 6.45) is 1.58. The number of ether oxygens (including phenoxy) is 1. The predicted octanol–water partition coefficient (Wildman–Crippen LogP) is 3.05. The molecule has 0 unspecified atom stereocenters. The van der Waals surface area contributed by atoms with Crippen molar-refractivity contribution in [3.05, 3.63) is 46.4 Å². The Morgan fingerprint density at radius 1 is 1.25 bits per heavy atom. The number of hydrogen-bond acceptors (Lipinski definition) is 3. The number of phenols is 1. The molecule has 2 aromatic rings. The van der Waals surface area contributed by atoms with E-state index in [4.69, 9.17) is 4.74 Å². The Labute approximate surface area is 118 Å². The molecule has 0 aliphatic heterocycles. The highest BCUT2D eigenvalue weighted by Crippen LogP contribution is 2.40. The molecule has 2 rings (SSSR count). The minimum Gasteiger partial charge on any atom is -0.504 e. The Hall–Kier alpha value is -2.23. The van der Waals surface area contributed by atoms with Crippen LogP contribution in [-0.2, 0) is 5.41 Å². The van der Waals surface area contributed by atoms with E-state index in [2.05, 4.69) is 4.98 Å². The lowest BCUT2D eigenvalue weighted by Crippen LogP contribution is -2.14. The van der Waals surface area contributed by atoms with E-state index in [9.17, 15) is 9.90 Å². The number of hydrogen-bond donors (Lipinski definition) is 2. The lowest BCUT2D eigenvalue weighted by atomic mass is 9.84. The topological polar surface area (TPSA) is 62.3 Å². The van der Waals surface area contributed by atoms with Gasteiger partial charge in [0.05, 0.1) is 7.11 Å². The first-order chi connectivity index (χ1) is 9.34. The van der Waals surface area contributed by atoms with Gasteiger partial charge in [0, 0.05) is 17.3 Å². The van der Waals surface area contributed by atoms with Gasteiger partial charge < -0.3 is 14.8 Å². The summed E-state index contributed by atoms with van der Waals surface area (Å²) >= 11 is 0. The summed E-state index contributed by atoms with van der Waals surface area (Å²) in [5.74, 6) is 0.492. The lowest BCUT2D eigenvalue weighted by Gasteiger charge is -2.23. The lowest BCUT2D eigenvalue weighted by molar-refractivity contribution is 0.360. The SMILES string of the molecule is COc1c(O)cc(-c2ccc[nH]c2=O)cc1C(C)(C)C. The molecule has 1 aromatic carbocycles. The monoisotopic (exact) mass is 273 g/mol. The van der Waals surface area contributed by atoms with E-state index in [1.165, 1.54) is 7.11 Å². The van der Waals surface area contributed by atoms with Gasteiger partial charge in [0.2, 0.25) is 0 Å². The molecule has 0 bridgehead atoms. The Kier molecular flexibility index (Phi) is 3.57. The van der Waals surface area contributed by atoms with Crippen LogP contribution in [0.3, 0.4) is 0 Å². The molecule has 0 aliphatic rings. The molecule has 1 heterocycles. The Balaban J connectivity index is 2.73. The van der Waals surface area contributed by atoms with Gasteiger partial charge in [0.15, 0.2) is 11.5 Å². The number of nitrogens with one attached hydrogen (secondary N) is 1. The van der Waals surface area contributed by atoms with Crippen molar-refractivity contribution >= 4 is 0 Å². The molecule has 0 saturated heterocycles. The van der Waals surface area contributed by atoms with Crippen LogP contribution in [-0.4, -0.2) is 17.2 Å². The van der Waals surface area contributed by atoms with Crippen molar-refractivity contribution in [2.45, 2.75) is 26.2 Å². The first-order valence-electron chi connectivity index (χ1n) is 6.44. The van der Waals surface area contributed by atoms with Crippen LogP contribution in [0, 0.1) is 0 Å². The van der Waals surface area contributed by atoms with Crippen LogP contribution in [0.5, 0.6) is 11.5 Å². The van der Waals surface area contributed by atoms with Gasteiger partial charge in [-0.2, -0.15) is 0 Å². The molecule has 20 heavy (non-hydrogen) atoms. The summed E-state index contributed by atoms with van der Waals surface area (Å²) in [4.78, 5) is 14.5. The predicted molar refractivity (Wildman–Crippen MR) is 79.4 cm³/mol. The normalized spacial score (nSPS) is 11.4. The zero-order chi connectivity index (χ0) is 14.9. The molecule has 2 N–H and O–H groups in total. The van der Waals surface area contributed by atoms with Crippen LogP contribution >= 0.6 is 0 Å². The Morgan fingerprint density at radius 3 is 2.50 bits per heavy atom. The second-order valence-electron chi connectivity index (χ2n) is 5.74. The fraction of sp³-hybridized carbons (Fsp3) is 0.312. The number of phenolic OH excluding ortho intramolecular Hbond substituents is 1.